The number of H-pyrrole nitrogens is 1. The number of nitrogens with one attached hydrogen (secondary N) is 2. The quantitative estimate of drug-likeness (QED) is 0.453. The van der Waals surface area contributed by atoms with E-state index in [9.17, 15) is 8.78 Å². The van der Waals surface area contributed by atoms with Crippen LogP contribution >= 0.6 is 11.6 Å². The number of nitrogens with zero attached hydrogens (tertiary/aromatic N) is 4. The molecule has 1 saturated heterocycles. The fourth-order valence-electron chi connectivity index (χ4n) is 3.72. The monoisotopic (exact) mass is 440 g/mol. The van der Waals surface area contributed by atoms with Gasteiger partial charge in [0.1, 0.15) is 17.3 Å². The maximum absolute atomic E-state index is 14.4. The summed E-state index contributed by atoms with van der Waals surface area (Å²) >= 11 is 5.86. The normalized spacial score (nSPS) is 14.1. The molecule has 4 aromatic rings. The molecule has 0 bridgehead atoms. The molecule has 9 heteroatoms. The summed E-state index contributed by atoms with van der Waals surface area (Å²) in [6.07, 6.45) is 3.47. The summed E-state index contributed by atoms with van der Waals surface area (Å²) in [5, 5.41) is 10.0. The number of halogens is 3. The predicted molar refractivity (Wildman–Crippen MR) is 117 cm³/mol. The molecule has 0 saturated carbocycles. The van der Waals surface area contributed by atoms with E-state index in [2.05, 4.69) is 25.4 Å². The standard InChI is InChI=1S/C22H19ClF2N6/c1-31(11-12-7-26-8-12)13-4-21-20(27-9-13)3-2-19(29-21)15-10-28-30-22(15)14-5-16(23)18(25)6-17(14)24/h2-6,9-10,12,26H,7-8,11H2,1H3,(H,28,30). The zero-order chi connectivity index (χ0) is 21.5. The summed E-state index contributed by atoms with van der Waals surface area (Å²) in [4.78, 5) is 11.4. The minimum atomic E-state index is -0.816. The Balaban J connectivity index is 1.53. The van der Waals surface area contributed by atoms with Crippen molar-refractivity contribution >= 4 is 28.3 Å². The van der Waals surface area contributed by atoms with E-state index < -0.39 is 11.6 Å². The molecule has 158 valence electrons. The van der Waals surface area contributed by atoms with Gasteiger partial charge in [0.15, 0.2) is 0 Å². The topological polar surface area (TPSA) is 69.7 Å². The lowest BCUT2D eigenvalue weighted by Crippen LogP contribution is -2.47. The van der Waals surface area contributed by atoms with Crippen LogP contribution in [0.2, 0.25) is 5.02 Å². The van der Waals surface area contributed by atoms with Gasteiger partial charge < -0.3 is 10.2 Å². The molecular formula is C22H19ClF2N6. The van der Waals surface area contributed by atoms with Crippen molar-refractivity contribution in [2.45, 2.75) is 0 Å². The number of hydrogen-bond donors (Lipinski definition) is 2. The van der Waals surface area contributed by atoms with Crippen molar-refractivity contribution in [2.75, 3.05) is 31.6 Å². The molecule has 5 rings (SSSR count). The van der Waals surface area contributed by atoms with Crippen molar-refractivity contribution in [3.63, 3.8) is 0 Å². The zero-order valence-electron chi connectivity index (χ0n) is 16.7. The first kappa shape index (κ1) is 19.8. The maximum atomic E-state index is 14.4. The van der Waals surface area contributed by atoms with Crippen LogP contribution in [-0.2, 0) is 0 Å². The molecule has 0 amide bonds. The largest absolute Gasteiger partial charge is 0.373 e. The van der Waals surface area contributed by atoms with Gasteiger partial charge in [-0.05, 0) is 24.3 Å². The first-order valence-electron chi connectivity index (χ1n) is 9.87. The lowest BCUT2D eigenvalue weighted by molar-refractivity contribution is 0.353. The van der Waals surface area contributed by atoms with E-state index in [0.29, 0.717) is 22.9 Å². The van der Waals surface area contributed by atoms with Crippen LogP contribution in [0, 0.1) is 17.6 Å². The summed E-state index contributed by atoms with van der Waals surface area (Å²) < 4.78 is 28.0. The van der Waals surface area contributed by atoms with Crippen LogP contribution < -0.4 is 10.2 Å². The van der Waals surface area contributed by atoms with Crippen LogP contribution in [0.15, 0.2) is 42.7 Å². The molecule has 2 N–H and O–H groups in total. The molecule has 4 heterocycles. The highest BCUT2D eigenvalue weighted by Gasteiger charge is 2.20. The molecule has 0 unspecified atom stereocenters. The second-order valence-electron chi connectivity index (χ2n) is 7.73. The van der Waals surface area contributed by atoms with Crippen molar-refractivity contribution in [1.82, 2.24) is 25.5 Å². The van der Waals surface area contributed by atoms with Crippen molar-refractivity contribution in [3.05, 3.63) is 59.4 Å². The summed E-state index contributed by atoms with van der Waals surface area (Å²) in [7, 11) is 2.04. The van der Waals surface area contributed by atoms with E-state index >= 15 is 0 Å². The summed E-state index contributed by atoms with van der Waals surface area (Å²) in [5.74, 6) is -0.928. The highest BCUT2D eigenvalue weighted by atomic mass is 35.5. The van der Waals surface area contributed by atoms with E-state index in [1.54, 1.807) is 12.3 Å². The number of fused-ring (bicyclic) bond motifs is 1. The van der Waals surface area contributed by atoms with Crippen molar-refractivity contribution in [3.8, 4) is 22.5 Å². The zero-order valence-corrected chi connectivity index (χ0v) is 17.4. The third kappa shape index (κ3) is 3.73. The van der Waals surface area contributed by atoms with Crippen LogP contribution in [-0.4, -0.2) is 46.8 Å². The molecule has 0 radical (unpaired) electrons. The summed E-state index contributed by atoms with van der Waals surface area (Å²) in [6, 6.07) is 7.65. The molecule has 1 fully saturated rings. The number of benzene rings is 1. The van der Waals surface area contributed by atoms with Crippen molar-refractivity contribution in [1.29, 1.82) is 0 Å². The Morgan fingerprint density at radius 1 is 1.10 bits per heavy atom. The third-order valence-electron chi connectivity index (χ3n) is 5.54. The average molecular weight is 441 g/mol. The molecule has 6 nitrogen and oxygen atoms in total. The Labute approximate surface area is 182 Å². The fraction of sp³-hybridized carbons (Fsp3) is 0.227. The second-order valence-corrected chi connectivity index (χ2v) is 8.13. The highest BCUT2D eigenvalue weighted by molar-refractivity contribution is 6.31. The Kier molecular flexibility index (Phi) is 5.03. The molecule has 1 aliphatic heterocycles. The van der Waals surface area contributed by atoms with Gasteiger partial charge in [-0.2, -0.15) is 5.10 Å². The van der Waals surface area contributed by atoms with Crippen LogP contribution in [0.5, 0.6) is 0 Å². The van der Waals surface area contributed by atoms with Crippen LogP contribution in [0.4, 0.5) is 14.5 Å². The second kappa shape index (κ2) is 7.86. The van der Waals surface area contributed by atoms with Gasteiger partial charge in [0, 0.05) is 56.0 Å². The first-order chi connectivity index (χ1) is 15.0. The minimum absolute atomic E-state index is 0.102. The maximum Gasteiger partial charge on any atom is 0.144 e. The first-order valence-corrected chi connectivity index (χ1v) is 10.2. The minimum Gasteiger partial charge on any atom is -0.373 e. The number of pyridine rings is 2. The van der Waals surface area contributed by atoms with Crippen LogP contribution in [0.3, 0.4) is 0 Å². The lowest BCUT2D eigenvalue weighted by atomic mass is 10.0. The molecular weight excluding hydrogens is 422 g/mol. The Bertz CT molecular complexity index is 1270. The van der Waals surface area contributed by atoms with E-state index in [4.69, 9.17) is 16.6 Å². The highest BCUT2D eigenvalue weighted by Crippen LogP contribution is 2.34. The van der Waals surface area contributed by atoms with Gasteiger partial charge in [-0.25, -0.2) is 13.8 Å². The molecule has 0 spiro atoms. The Hall–Kier alpha value is -3.10. The number of hydrogen-bond acceptors (Lipinski definition) is 5. The number of aromatic nitrogens is 4. The van der Waals surface area contributed by atoms with Gasteiger partial charge in [0.05, 0.1) is 33.6 Å². The van der Waals surface area contributed by atoms with E-state index in [-0.39, 0.29) is 10.6 Å². The Morgan fingerprint density at radius 2 is 1.94 bits per heavy atom. The van der Waals surface area contributed by atoms with Crippen molar-refractivity contribution < 1.29 is 8.78 Å². The number of aromatic amines is 1. The molecule has 1 aliphatic rings. The SMILES string of the molecule is CN(CC1CNC1)c1cnc2ccc(-c3c[nH]nc3-c3cc(Cl)c(F)cc3F)nc2c1. The smallest absolute Gasteiger partial charge is 0.144 e. The summed E-state index contributed by atoms with van der Waals surface area (Å²) in [6.45, 7) is 3.00. The fourth-order valence-corrected chi connectivity index (χ4v) is 3.88. The number of anilines is 1. The van der Waals surface area contributed by atoms with E-state index in [1.165, 1.54) is 6.07 Å². The molecule has 0 aliphatic carbocycles. The molecule has 0 atom stereocenters. The number of rotatable bonds is 5. The van der Waals surface area contributed by atoms with Gasteiger partial charge >= 0.3 is 0 Å². The van der Waals surface area contributed by atoms with Gasteiger partial charge in [-0.1, -0.05) is 11.6 Å². The predicted octanol–water partition coefficient (Wildman–Crippen LogP) is 4.27. The molecule has 1 aromatic carbocycles. The Morgan fingerprint density at radius 3 is 2.71 bits per heavy atom. The molecule has 31 heavy (non-hydrogen) atoms. The summed E-state index contributed by atoms with van der Waals surface area (Å²) in [5.41, 5.74) is 4.05. The van der Waals surface area contributed by atoms with E-state index in [1.807, 2.05) is 25.4 Å². The average Bonchev–Trinajstić information content (AvgIpc) is 3.22. The van der Waals surface area contributed by atoms with Gasteiger partial charge in [0.25, 0.3) is 0 Å². The van der Waals surface area contributed by atoms with Gasteiger partial charge in [-0.15, -0.1) is 0 Å². The van der Waals surface area contributed by atoms with Gasteiger partial charge in [0.2, 0.25) is 0 Å². The van der Waals surface area contributed by atoms with Crippen molar-refractivity contribution in [2.24, 2.45) is 5.92 Å². The van der Waals surface area contributed by atoms with Gasteiger partial charge in [-0.3, -0.25) is 10.1 Å². The molecule has 3 aromatic heterocycles. The van der Waals surface area contributed by atoms with Crippen LogP contribution in [0.25, 0.3) is 33.5 Å². The van der Waals surface area contributed by atoms with Crippen LogP contribution in [0.1, 0.15) is 0 Å². The van der Waals surface area contributed by atoms with E-state index in [0.717, 1.165) is 42.4 Å². The lowest BCUT2D eigenvalue weighted by Gasteiger charge is -2.32. The third-order valence-corrected chi connectivity index (χ3v) is 5.83.